The van der Waals surface area contributed by atoms with Gasteiger partial charge in [-0.2, -0.15) is 0 Å². The molecule has 4 atom stereocenters. The number of nitrogens with one attached hydrogen (secondary N) is 1. The lowest BCUT2D eigenvalue weighted by molar-refractivity contribution is -0.274. The van der Waals surface area contributed by atoms with Crippen molar-refractivity contribution >= 4 is 11.9 Å². The van der Waals surface area contributed by atoms with E-state index in [0.717, 1.165) is 12.8 Å². The molecule has 8 heteroatoms. The van der Waals surface area contributed by atoms with Crippen molar-refractivity contribution < 1.29 is 32.6 Å². The number of ether oxygens (including phenoxy) is 1. The van der Waals surface area contributed by atoms with Crippen LogP contribution in [0.15, 0.2) is 24.3 Å². The van der Waals surface area contributed by atoms with Crippen LogP contribution in [0.3, 0.4) is 0 Å². The molecule has 27 heavy (non-hydrogen) atoms. The van der Waals surface area contributed by atoms with E-state index in [4.69, 9.17) is 0 Å². The molecule has 2 aliphatic carbocycles. The number of hydrogen-bond donors (Lipinski definition) is 2. The summed E-state index contributed by atoms with van der Waals surface area (Å²) in [6.07, 6.45) is -1.68. The second kappa shape index (κ2) is 7.05. The van der Waals surface area contributed by atoms with E-state index in [9.17, 15) is 27.9 Å². The Kier molecular flexibility index (Phi) is 5.10. The molecule has 2 fully saturated rings. The Hall–Kier alpha value is -2.25. The molecular weight excluding hydrogens is 363 g/mol. The topological polar surface area (TPSA) is 75.6 Å². The molecule has 148 valence electrons. The summed E-state index contributed by atoms with van der Waals surface area (Å²) in [6.45, 7) is 1.74. The number of benzene rings is 1. The van der Waals surface area contributed by atoms with Crippen LogP contribution in [0.2, 0.25) is 0 Å². The smallest absolute Gasteiger partial charge is 0.481 e. The Bertz CT molecular complexity index is 736. The minimum Gasteiger partial charge on any atom is -0.481 e. The van der Waals surface area contributed by atoms with E-state index in [1.54, 1.807) is 13.0 Å². The number of amides is 1. The van der Waals surface area contributed by atoms with E-state index >= 15 is 0 Å². The number of alkyl halides is 3. The van der Waals surface area contributed by atoms with Gasteiger partial charge in [0.25, 0.3) is 0 Å². The van der Waals surface area contributed by atoms with Crippen molar-refractivity contribution in [2.75, 3.05) is 0 Å². The third-order valence-corrected chi connectivity index (χ3v) is 5.59. The zero-order valence-corrected chi connectivity index (χ0v) is 14.9. The second-order valence-corrected chi connectivity index (χ2v) is 7.58. The Morgan fingerprint density at radius 1 is 1.26 bits per heavy atom. The Morgan fingerprint density at radius 3 is 2.63 bits per heavy atom. The van der Waals surface area contributed by atoms with Crippen molar-refractivity contribution in [2.45, 2.75) is 56.8 Å². The molecule has 1 aromatic carbocycles. The predicted octanol–water partition coefficient (Wildman–Crippen LogP) is 3.84. The molecule has 0 bridgehead atoms. The maximum atomic E-state index is 12.7. The third-order valence-electron chi connectivity index (χ3n) is 5.59. The second-order valence-electron chi connectivity index (χ2n) is 7.58. The van der Waals surface area contributed by atoms with Crippen molar-refractivity contribution in [1.29, 1.82) is 0 Å². The fraction of sp³-hybridized carbons (Fsp3) is 0.579. The maximum absolute atomic E-state index is 12.7. The highest BCUT2D eigenvalue weighted by molar-refractivity contribution is 5.85. The highest BCUT2D eigenvalue weighted by atomic mass is 19.4. The fourth-order valence-electron chi connectivity index (χ4n) is 4.09. The number of halogens is 3. The average molecular weight is 385 g/mol. The van der Waals surface area contributed by atoms with E-state index in [0.29, 0.717) is 24.8 Å². The van der Waals surface area contributed by atoms with Crippen LogP contribution < -0.4 is 10.1 Å². The first-order chi connectivity index (χ1) is 12.6. The molecule has 0 aromatic heterocycles. The highest BCUT2D eigenvalue weighted by Gasteiger charge is 2.50. The van der Waals surface area contributed by atoms with Gasteiger partial charge in [-0.25, -0.2) is 0 Å². The van der Waals surface area contributed by atoms with Crippen LogP contribution in [-0.4, -0.2) is 28.9 Å². The van der Waals surface area contributed by atoms with Crippen LogP contribution >= 0.6 is 0 Å². The van der Waals surface area contributed by atoms with Crippen LogP contribution in [0.1, 0.15) is 50.5 Å². The number of carbonyl (C=O) groups is 2. The van der Waals surface area contributed by atoms with Crippen LogP contribution in [0, 0.1) is 11.8 Å². The molecule has 0 spiro atoms. The third kappa shape index (κ3) is 4.36. The lowest BCUT2D eigenvalue weighted by atomic mass is 9.73. The Balaban J connectivity index is 1.70. The van der Waals surface area contributed by atoms with E-state index in [1.165, 1.54) is 18.2 Å². The van der Waals surface area contributed by atoms with Gasteiger partial charge in [0, 0.05) is 5.92 Å². The van der Waals surface area contributed by atoms with Crippen molar-refractivity contribution in [3.8, 4) is 5.75 Å². The summed E-state index contributed by atoms with van der Waals surface area (Å²) in [5.74, 6) is -3.03. The number of aliphatic carboxylic acids is 1. The molecule has 2 saturated carbocycles. The predicted molar refractivity (Wildman–Crippen MR) is 90.1 cm³/mol. The molecular formula is C19H22F3NO4. The molecule has 0 radical (unpaired) electrons. The molecule has 2 N–H and O–H groups in total. The van der Waals surface area contributed by atoms with Gasteiger partial charge in [-0.15, -0.1) is 13.2 Å². The molecule has 3 rings (SSSR count). The van der Waals surface area contributed by atoms with Gasteiger partial charge in [0.05, 0.1) is 11.5 Å². The van der Waals surface area contributed by atoms with E-state index in [1.807, 2.05) is 0 Å². The van der Waals surface area contributed by atoms with Crippen LogP contribution in [-0.2, 0) is 9.59 Å². The monoisotopic (exact) mass is 385 g/mol. The summed E-state index contributed by atoms with van der Waals surface area (Å²) in [4.78, 5) is 24.2. The minimum atomic E-state index is -4.80. The molecule has 0 aliphatic heterocycles. The van der Waals surface area contributed by atoms with E-state index in [-0.39, 0.29) is 17.6 Å². The van der Waals surface area contributed by atoms with Gasteiger partial charge in [0.2, 0.25) is 5.91 Å². The summed E-state index contributed by atoms with van der Waals surface area (Å²) in [5, 5.41) is 12.3. The number of para-hydroxylation sites is 1. The zero-order chi connectivity index (χ0) is 19.8. The summed E-state index contributed by atoms with van der Waals surface area (Å²) < 4.78 is 41.8. The van der Waals surface area contributed by atoms with E-state index < -0.39 is 29.7 Å². The number of carboxylic acid groups (broad SMARTS) is 1. The van der Waals surface area contributed by atoms with E-state index in [2.05, 4.69) is 10.1 Å². The first-order valence-electron chi connectivity index (χ1n) is 9.00. The van der Waals surface area contributed by atoms with Crippen molar-refractivity contribution in [1.82, 2.24) is 5.32 Å². The SMILES string of the molecule is CC1(NC(=O)C2CC2c2ccccc2OC(F)(F)F)CCCCC1C(=O)O. The summed E-state index contributed by atoms with van der Waals surface area (Å²) in [6, 6.07) is 5.82. The van der Waals surface area contributed by atoms with Gasteiger partial charge >= 0.3 is 12.3 Å². The number of carbonyl (C=O) groups excluding carboxylic acids is 1. The van der Waals surface area contributed by atoms with Gasteiger partial charge in [0.1, 0.15) is 5.75 Å². The minimum absolute atomic E-state index is 0.294. The van der Waals surface area contributed by atoms with Gasteiger partial charge in [-0.1, -0.05) is 31.0 Å². The van der Waals surface area contributed by atoms with Gasteiger partial charge < -0.3 is 15.2 Å². The molecule has 1 aromatic rings. The largest absolute Gasteiger partial charge is 0.573 e. The summed E-state index contributed by atoms with van der Waals surface area (Å²) in [5.41, 5.74) is -0.491. The first kappa shape index (κ1) is 19.5. The van der Waals surface area contributed by atoms with Gasteiger partial charge in [-0.3, -0.25) is 9.59 Å². The molecule has 1 amide bonds. The Labute approximate surface area is 154 Å². The van der Waals surface area contributed by atoms with Gasteiger partial charge in [0.15, 0.2) is 0 Å². The number of hydrogen-bond acceptors (Lipinski definition) is 3. The van der Waals surface area contributed by atoms with Crippen LogP contribution in [0.4, 0.5) is 13.2 Å². The standard InChI is InChI=1S/C19H22F3NO4/c1-18(9-5-4-7-14(18)17(25)26)23-16(24)13-10-12(13)11-6-2-3-8-15(11)27-19(20,21)22/h2-3,6,8,12-14H,4-5,7,9-10H2,1H3,(H,23,24)(H,25,26). The lowest BCUT2D eigenvalue weighted by Crippen LogP contribution is -2.55. The normalized spacial score (nSPS) is 30.4. The first-order valence-corrected chi connectivity index (χ1v) is 9.00. The number of rotatable bonds is 5. The maximum Gasteiger partial charge on any atom is 0.573 e. The lowest BCUT2D eigenvalue weighted by Gasteiger charge is -2.40. The zero-order valence-electron chi connectivity index (χ0n) is 14.9. The van der Waals surface area contributed by atoms with Crippen molar-refractivity contribution in [2.24, 2.45) is 11.8 Å². The molecule has 0 saturated heterocycles. The molecule has 5 nitrogen and oxygen atoms in total. The number of carboxylic acids is 1. The average Bonchev–Trinajstić information content (AvgIpc) is 3.34. The summed E-state index contributed by atoms with van der Waals surface area (Å²) in [7, 11) is 0. The quantitative estimate of drug-likeness (QED) is 0.808. The molecule has 0 heterocycles. The summed E-state index contributed by atoms with van der Waals surface area (Å²) >= 11 is 0. The van der Waals surface area contributed by atoms with Crippen molar-refractivity contribution in [3.63, 3.8) is 0 Å². The molecule has 4 unspecified atom stereocenters. The fourth-order valence-corrected chi connectivity index (χ4v) is 4.09. The van der Waals surface area contributed by atoms with Crippen molar-refractivity contribution in [3.05, 3.63) is 29.8 Å². The van der Waals surface area contributed by atoms with Gasteiger partial charge in [-0.05, 0) is 43.7 Å². The highest BCUT2D eigenvalue weighted by Crippen LogP contribution is 2.51. The van der Waals surface area contributed by atoms with Crippen LogP contribution in [0.5, 0.6) is 5.75 Å². The molecule has 2 aliphatic rings. The van der Waals surface area contributed by atoms with Crippen LogP contribution in [0.25, 0.3) is 0 Å². The Morgan fingerprint density at radius 2 is 1.96 bits per heavy atom.